The molecule has 0 bridgehead atoms. The minimum atomic E-state index is -1.85. The van der Waals surface area contributed by atoms with Gasteiger partial charge in [0.2, 0.25) is 0 Å². The molecule has 1 aliphatic carbocycles. The predicted molar refractivity (Wildman–Crippen MR) is 217 cm³/mol. The molecule has 0 unspecified atom stereocenters. The van der Waals surface area contributed by atoms with E-state index in [2.05, 4.69) is 140 Å². The summed E-state index contributed by atoms with van der Waals surface area (Å²) in [5, 5.41) is 2.28. The van der Waals surface area contributed by atoms with Crippen molar-refractivity contribution in [1.29, 1.82) is 0 Å². The Balaban J connectivity index is 0.000000200. The Labute approximate surface area is 326 Å². The fourth-order valence-corrected chi connectivity index (χ4v) is 11.0. The quantitative estimate of drug-likeness (QED) is 0.118. The first-order valence-corrected chi connectivity index (χ1v) is 25.9. The summed E-state index contributed by atoms with van der Waals surface area (Å²) in [7, 11) is 0. The molecular weight excluding hydrogens is 873 g/mol. The maximum absolute atomic E-state index is 6.48. The number of rotatable bonds is 7. The van der Waals surface area contributed by atoms with Crippen LogP contribution >= 0.6 is 0 Å². The second-order valence-corrected chi connectivity index (χ2v) is 26.1. The van der Waals surface area contributed by atoms with E-state index < -0.39 is 13.3 Å². The van der Waals surface area contributed by atoms with E-state index in [1.54, 1.807) is 0 Å². The van der Waals surface area contributed by atoms with E-state index in [9.17, 15) is 0 Å². The zero-order chi connectivity index (χ0) is 35.5. The van der Waals surface area contributed by atoms with Gasteiger partial charge in [0.15, 0.2) is 0 Å². The van der Waals surface area contributed by atoms with Gasteiger partial charge in [0, 0.05) is 31.7 Å². The molecule has 0 amide bonds. The summed E-state index contributed by atoms with van der Waals surface area (Å²) in [6.07, 6.45) is 10.6. The number of nitrogens with zero attached hydrogens (tertiary/aromatic N) is 2. The van der Waals surface area contributed by atoms with E-state index in [1.807, 2.05) is 24.4 Å². The summed E-state index contributed by atoms with van der Waals surface area (Å²) >= 11 is -1.85. The van der Waals surface area contributed by atoms with Gasteiger partial charge in [-0.2, -0.15) is 0 Å². The molecule has 8 rings (SSSR count). The average molecular weight is 922 g/mol. The molecule has 0 N–H and O–H groups in total. The number of fused-ring (bicyclic) bond motifs is 3. The topological polar surface area (TPSA) is 38.9 Å². The SMILES string of the molecule is CC(C)c1cc(-c2[c-]cccc2)nc[c]1[Ge]([CH3])([CH3])[CH3].Cc1ccc2c(c1)oc1c(-c3cc(CC4CCCC4)ccn3)[c-]cc(-c3ccccc3)c12.[Ir]. The van der Waals surface area contributed by atoms with E-state index in [0.717, 1.165) is 62.4 Å². The number of aromatic nitrogens is 2. The van der Waals surface area contributed by atoms with Crippen LogP contribution in [0.1, 0.15) is 62.1 Å². The molecule has 3 aromatic heterocycles. The molecule has 0 atom stereocenters. The van der Waals surface area contributed by atoms with Crippen LogP contribution in [-0.2, 0) is 26.5 Å². The fourth-order valence-electron chi connectivity index (χ4n) is 7.53. The maximum atomic E-state index is 6.48. The largest absolute Gasteiger partial charge is 0.501 e. The van der Waals surface area contributed by atoms with Crippen molar-refractivity contribution in [2.45, 2.75) is 76.1 Å². The summed E-state index contributed by atoms with van der Waals surface area (Å²) in [5.74, 6) is 8.64. The molecule has 3 nitrogen and oxygen atoms in total. The van der Waals surface area contributed by atoms with Gasteiger partial charge in [-0.05, 0) is 48.0 Å². The Bertz CT molecular complexity index is 2270. The van der Waals surface area contributed by atoms with Gasteiger partial charge in [0.25, 0.3) is 0 Å². The van der Waals surface area contributed by atoms with Crippen molar-refractivity contribution in [2.24, 2.45) is 5.92 Å². The molecule has 4 aromatic carbocycles. The molecule has 267 valence electrons. The van der Waals surface area contributed by atoms with E-state index in [1.165, 1.54) is 52.3 Å². The third-order valence-electron chi connectivity index (χ3n) is 10.2. The number of hydrogen-bond acceptors (Lipinski definition) is 3. The van der Waals surface area contributed by atoms with E-state index in [0.29, 0.717) is 5.92 Å². The molecule has 0 spiro atoms. The molecule has 1 saturated carbocycles. The number of benzene rings is 4. The van der Waals surface area contributed by atoms with Gasteiger partial charge in [-0.15, -0.1) is 12.1 Å². The molecule has 1 fully saturated rings. The Morgan fingerprint density at radius 2 is 1.62 bits per heavy atom. The Morgan fingerprint density at radius 3 is 2.33 bits per heavy atom. The molecule has 52 heavy (non-hydrogen) atoms. The number of aryl methyl sites for hydroxylation is 1. The molecule has 0 aliphatic heterocycles. The van der Waals surface area contributed by atoms with E-state index in [4.69, 9.17) is 9.40 Å². The van der Waals surface area contributed by atoms with Crippen LogP contribution in [0.5, 0.6) is 0 Å². The number of pyridine rings is 2. The normalized spacial score (nSPS) is 13.3. The fraction of sp³-hybridized carbons (Fsp3) is 0.277. The van der Waals surface area contributed by atoms with Gasteiger partial charge in [-0.3, -0.25) is 0 Å². The Hall–Kier alpha value is -3.83. The first-order valence-electron chi connectivity index (χ1n) is 18.5. The van der Waals surface area contributed by atoms with Gasteiger partial charge in [-0.1, -0.05) is 96.5 Å². The standard InChI is InChI=1S/C30H26NO.C17H22GeN.Ir/c1-20-11-12-26-28(17-20)32-30-25(14-13-24(29(26)30)23-9-3-2-4-10-23)27-19-22(15-16-31-27)18-21-7-5-6-8-21;1-13(2)15-11-17(14-9-7-6-8-10-14)19-12-16(15)18(3,4)5;/h2-4,9-13,15-17,19,21H,5-8,18H2,1H3;6-9,11-13H,1-5H3;/q2*-1;. The molecule has 1 radical (unpaired) electrons. The van der Waals surface area contributed by atoms with Crippen LogP contribution in [0.4, 0.5) is 0 Å². The zero-order valence-corrected chi connectivity index (χ0v) is 35.7. The summed E-state index contributed by atoms with van der Waals surface area (Å²) in [4.78, 5) is 9.41. The average Bonchev–Trinajstić information content (AvgIpc) is 3.79. The summed E-state index contributed by atoms with van der Waals surface area (Å²) < 4.78 is 8.01. The van der Waals surface area contributed by atoms with Crippen LogP contribution < -0.4 is 4.40 Å². The monoisotopic (exact) mass is 923 g/mol. The van der Waals surface area contributed by atoms with Crippen molar-refractivity contribution in [2.75, 3.05) is 0 Å². The van der Waals surface area contributed by atoms with Crippen LogP contribution in [0, 0.1) is 25.0 Å². The van der Waals surface area contributed by atoms with Gasteiger partial charge < -0.3 is 9.40 Å². The van der Waals surface area contributed by atoms with Crippen molar-refractivity contribution < 1.29 is 24.5 Å². The maximum Gasteiger partial charge on any atom is 0.121 e. The van der Waals surface area contributed by atoms with Crippen LogP contribution in [-0.4, -0.2) is 23.2 Å². The Morgan fingerprint density at radius 1 is 0.846 bits per heavy atom. The Kier molecular flexibility index (Phi) is 12.0. The molecule has 5 heteroatoms. The van der Waals surface area contributed by atoms with Crippen LogP contribution in [0.3, 0.4) is 0 Å². The first-order chi connectivity index (χ1) is 24.7. The minimum absolute atomic E-state index is 0. The van der Waals surface area contributed by atoms with Crippen LogP contribution in [0.15, 0.2) is 114 Å². The van der Waals surface area contributed by atoms with E-state index >= 15 is 0 Å². The van der Waals surface area contributed by atoms with Crippen molar-refractivity contribution in [3.8, 4) is 33.6 Å². The molecule has 7 aromatic rings. The zero-order valence-electron chi connectivity index (χ0n) is 31.2. The van der Waals surface area contributed by atoms with Gasteiger partial charge >= 0.3 is 119 Å². The number of furan rings is 1. The summed E-state index contributed by atoms with van der Waals surface area (Å²) in [6.45, 7) is 6.64. The molecule has 0 saturated heterocycles. The summed E-state index contributed by atoms with van der Waals surface area (Å²) in [6, 6.07) is 40.6. The molecule has 3 heterocycles. The van der Waals surface area contributed by atoms with E-state index in [-0.39, 0.29) is 20.1 Å². The van der Waals surface area contributed by atoms with Crippen molar-refractivity contribution in [3.63, 3.8) is 0 Å². The van der Waals surface area contributed by atoms with Crippen molar-refractivity contribution >= 4 is 39.6 Å². The van der Waals surface area contributed by atoms with Crippen LogP contribution in [0.25, 0.3) is 55.6 Å². The third kappa shape index (κ3) is 8.36. The van der Waals surface area contributed by atoms with Crippen molar-refractivity contribution in [1.82, 2.24) is 9.97 Å². The molecule has 1 aliphatic rings. The summed E-state index contributed by atoms with van der Waals surface area (Å²) in [5.41, 5.74) is 12.1. The van der Waals surface area contributed by atoms with Gasteiger partial charge in [0.05, 0.1) is 5.58 Å². The van der Waals surface area contributed by atoms with Gasteiger partial charge in [-0.25, -0.2) is 0 Å². The van der Waals surface area contributed by atoms with Gasteiger partial charge in [0.1, 0.15) is 5.58 Å². The minimum Gasteiger partial charge on any atom is -0.501 e. The van der Waals surface area contributed by atoms with Crippen LogP contribution in [0.2, 0.25) is 17.3 Å². The molecular formula is C47H48GeIrN2O-2. The first kappa shape index (κ1) is 37.9. The second kappa shape index (κ2) is 16.5. The third-order valence-corrected chi connectivity index (χ3v) is 14.5. The smallest absolute Gasteiger partial charge is 0.121 e. The van der Waals surface area contributed by atoms with Crippen molar-refractivity contribution in [3.05, 3.63) is 138 Å². The predicted octanol–water partition coefficient (Wildman–Crippen LogP) is 12.4. The second-order valence-electron chi connectivity index (χ2n) is 15.5. The number of hydrogen-bond donors (Lipinski definition) is 0.